The van der Waals surface area contributed by atoms with E-state index in [0.29, 0.717) is 35.3 Å². The Labute approximate surface area is 160 Å². The molecule has 1 aromatic heterocycles. The minimum absolute atomic E-state index is 0.0611. The van der Waals surface area contributed by atoms with Gasteiger partial charge in [0.2, 0.25) is 0 Å². The van der Waals surface area contributed by atoms with Gasteiger partial charge in [0.25, 0.3) is 5.91 Å². The molecule has 1 N–H and O–H groups in total. The maximum Gasteiger partial charge on any atom is 0.345 e. The summed E-state index contributed by atoms with van der Waals surface area (Å²) >= 11 is 11.7. The molecule has 140 valence electrons. The predicted octanol–water partition coefficient (Wildman–Crippen LogP) is 2.27. The first kappa shape index (κ1) is 18.8. The van der Waals surface area contributed by atoms with Gasteiger partial charge in [-0.3, -0.25) is 9.36 Å². The van der Waals surface area contributed by atoms with E-state index in [9.17, 15) is 9.59 Å². The molecule has 0 unspecified atom stereocenters. The van der Waals surface area contributed by atoms with Crippen molar-refractivity contribution in [3.8, 4) is 5.75 Å². The number of benzene rings is 1. The molecule has 1 amide bonds. The summed E-state index contributed by atoms with van der Waals surface area (Å²) in [4.78, 5) is 24.0. The van der Waals surface area contributed by atoms with Crippen molar-refractivity contribution in [2.45, 2.75) is 38.8 Å². The molecule has 3 rings (SSSR count). The van der Waals surface area contributed by atoms with E-state index in [0.717, 1.165) is 31.6 Å². The molecule has 0 saturated carbocycles. The normalized spacial score (nSPS) is 13.3. The van der Waals surface area contributed by atoms with Crippen LogP contribution in [0.2, 0.25) is 10.0 Å². The van der Waals surface area contributed by atoms with Crippen LogP contribution in [-0.4, -0.2) is 33.4 Å². The average molecular weight is 399 g/mol. The van der Waals surface area contributed by atoms with Gasteiger partial charge in [0.05, 0.1) is 10.0 Å². The third-order valence-corrected chi connectivity index (χ3v) is 4.90. The smallest absolute Gasteiger partial charge is 0.345 e. The van der Waals surface area contributed by atoms with Crippen LogP contribution in [0.4, 0.5) is 0 Å². The first-order valence-electron chi connectivity index (χ1n) is 8.55. The highest BCUT2D eigenvalue weighted by Gasteiger charge is 2.16. The molecule has 0 spiro atoms. The molecule has 0 saturated heterocycles. The molecule has 9 heteroatoms. The number of carbonyl (C=O) groups is 1. The summed E-state index contributed by atoms with van der Waals surface area (Å²) in [7, 11) is 0. The topological polar surface area (TPSA) is 78.2 Å². The number of fused-ring (bicyclic) bond motifs is 1. The molecular weight excluding hydrogens is 379 g/mol. The molecule has 7 nitrogen and oxygen atoms in total. The molecule has 2 aromatic rings. The van der Waals surface area contributed by atoms with Gasteiger partial charge in [0, 0.05) is 32.1 Å². The zero-order valence-corrected chi connectivity index (χ0v) is 15.7. The molecule has 1 aliphatic heterocycles. The minimum atomic E-state index is -0.243. The number of rotatable bonds is 7. The van der Waals surface area contributed by atoms with Crippen molar-refractivity contribution < 1.29 is 9.53 Å². The van der Waals surface area contributed by atoms with E-state index in [1.807, 2.05) is 0 Å². The average Bonchev–Trinajstić information content (AvgIpc) is 2.96. The fraction of sp³-hybridized carbons (Fsp3) is 0.471. The number of amides is 1. The van der Waals surface area contributed by atoms with E-state index in [2.05, 4.69) is 10.4 Å². The summed E-state index contributed by atoms with van der Waals surface area (Å²) in [6, 6.07) is 4.82. The van der Waals surface area contributed by atoms with Crippen LogP contribution in [-0.2, 0) is 24.3 Å². The maximum atomic E-state index is 12.2. The summed E-state index contributed by atoms with van der Waals surface area (Å²) in [6.07, 6.45) is 3.57. The van der Waals surface area contributed by atoms with Crippen LogP contribution in [0, 0.1) is 0 Å². The van der Waals surface area contributed by atoms with E-state index in [-0.39, 0.29) is 18.2 Å². The highest BCUT2D eigenvalue weighted by Crippen LogP contribution is 2.26. The first-order chi connectivity index (χ1) is 12.5. The van der Waals surface area contributed by atoms with E-state index in [1.165, 1.54) is 4.68 Å². The van der Waals surface area contributed by atoms with Crippen LogP contribution >= 0.6 is 23.2 Å². The Hall–Kier alpha value is -1.99. The van der Waals surface area contributed by atoms with Crippen LogP contribution < -0.4 is 15.7 Å². The lowest BCUT2D eigenvalue weighted by Crippen LogP contribution is -2.31. The molecule has 1 aromatic carbocycles. The van der Waals surface area contributed by atoms with Crippen molar-refractivity contribution in [2.24, 2.45) is 0 Å². The summed E-state index contributed by atoms with van der Waals surface area (Å²) < 4.78 is 8.60. The van der Waals surface area contributed by atoms with Crippen molar-refractivity contribution in [3.05, 3.63) is 44.6 Å². The molecule has 0 radical (unpaired) electrons. The van der Waals surface area contributed by atoms with Crippen molar-refractivity contribution in [1.29, 1.82) is 0 Å². The van der Waals surface area contributed by atoms with Crippen LogP contribution in [0.1, 0.15) is 25.1 Å². The number of aryl methyl sites for hydroxylation is 2. The van der Waals surface area contributed by atoms with E-state index in [1.54, 1.807) is 22.8 Å². The fourth-order valence-corrected chi connectivity index (χ4v) is 3.11. The third-order valence-electron chi connectivity index (χ3n) is 4.16. The van der Waals surface area contributed by atoms with Crippen LogP contribution in [0.3, 0.4) is 0 Å². The number of hydrogen-bond acceptors (Lipinski definition) is 4. The summed E-state index contributed by atoms with van der Waals surface area (Å²) in [5.74, 6) is 1.09. The zero-order chi connectivity index (χ0) is 18.5. The van der Waals surface area contributed by atoms with Crippen molar-refractivity contribution >= 4 is 29.1 Å². The van der Waals surface area contributed by atoms with Crippen LogP contribution in [0.5, 0.6) is 5.75 Å². The Balaban J connectivity index is 1.39. The number of halogens is 2. The SMILES string of the molecule is O=C(COc1ccc(Cl)c(Cl)c1)NCCCn1nc2n(c1=O)CCCC2. The minimum Gasteiger partial charge on any atom is -0.484 e. The van der Waals surface area contributed by atoms with Gasteiger partial charge in [0.15, 0.2) is 6.61 Å². The predicted molar refractivity (Wildman–Crippen MR) is 99.0 cm³/mol. The Morgan fingerprint density at radius 2 is 2.12 bits per heavy atom. The maximum absolute atomic E-state index is 12.2. The van der Waals surface area contributed by atoms with E-state index in [4.69, 9.17) is 27.9 Å². The molecule has 0 bridgehead atoms. The summed E-state index contributed by atoms with van der Waals surface area (Å²) in [5, 5.41) is 7.93. The second kappa shape index (κ2) is 8.60. The number of ether oxygens (including phenoxy) is 1. The lowest BCUT2D eigenvalue weighted by molar-refractivity contribution is -0.123. The van der Waals surface area contributed by atoms with Crippen molar-refractivity contribution in [1.82, 2.24) is 19.7 Å². The third kappa shape index (κ3) is 4.59. The Kier molecular flexibility index (Phi) is 6.21. The highest BCUT2D eigenvalue weighted by atomic mass is 35.5. The quantitative estimate of drug-likeness (QED) is 0.725. The van der Waals surface area contributed by atoms with Crippen molar-refractivity contribution in [2.75, 3.05) is 13.2 Å². The lowest BCUT2D eigenvalue weighted by atomic mass is 10.2. The highest BCUT2D eigenvalue weighted by molar-refractivity contribution is 6.42. The van der Waals surface area contributed by atoms with E-state index >= 15 is 0 Å². The monoisotopic (exact) mass is 398 g/mol. The number of nitrogens with zero attached hydrogens (tertiary/aromatic N) is 3. The largest absolute Gasteiger partial charge is 0.484 e. The summed E-state index contributed by atoms with van der Waals surface area (Å²) in [6.45, 7) is 1.55. The number of carbonyl (C=O) groups excluding carboxylic acids is 1. The Morgan fingerprint density at radius 1 is 1.27 bits per heavy atom. The van der Waals surface area contributed by atoms with Crippen LogP contribution in [0.25, 0.3) is 0 Å². The molecular formula is C17H20Cl2N4O3. The fourth-order valence-electron chi connectivity index (χ4n) is 2.82. The van der Waals surface area contributed by atoms with Gasteiger partial charge in [0.1, 0.15) is 11.6 Å². The van der Waals surface area contributed by atoms with Gasteiger partial charge >= 0.3 is 5.69 Å². The first-order valence-corrected chi connectivity index (χ1v) is 9.31. The zero-order valence-electron chi connectivity index (χ0n) is 14.2. The molecule has 0 fully saturated rings. The number of nitrogens with one attached hydrogen (secondary N) is 1. The lowest BCUT2D eigenvalue weighted by Gasteiger charge is -2.09. The standard InChI is InChI=1S/C17H20Cl2N4O3/c18-13-6-5-12(10-14(13)19)26-11-16(24)20-7-3-9-23-17(25)22-8-2-1-4-15(22)21-23/h5-6,10H,1-4,7-9,11H2,(H,20,24). The van der Waals surface area contributed by atoms with Gasteiger partial charge in [-0.15, -0.1) is 0 Å². The molecule has 0 aliphatic carbocycles. The van der Waals surface area contributed by atoms with Gasteiger partial charge in [-0.1, -0.05) is 23.2 Å². The Bertz CT molecular complexity index is 847. The van der Waals surface area contributed by atoms with Gasteiger partial charge in [-0.05, 0) is 31.4 Å². The van der Waals surface area contributed by atoms with Crippen LogP contribution in [0.15, 0.2) is 23.0 Å². The van der Waals surface area contributed by atoms with Gasteiger partial charge in [-0.25, -0.2) is 9.48 Å². The van der Waals surface area contributed by atoms with E-state index < -0.39 is 0 Å². The number of aromatic nitrogens is 3. The molecule has 26 heavy (non-hydrogen) atoms. The molecule has 2 heterocycles. The van der Waals surface area contributed by atoms with Gasteiger partial charge < -0.3 is 10.1 Å². The second-order valence-corrected chi connectivity index (χ2v) is 6.91. The second-order valence-electron chi connectivity index (χ2n) is 6.10. The number of hydrogen-bond donors (Lipinski definition) is 1. The Morgan fingerprint density at radius 3 is 2.88 bits per heavy atom. The summed E-state index contributed by atoms with van der Waals surface area (Å²) in [5.41, 5.74) is -0.0611. The van der Waals surface area contributed by atoms with Gasteiger partial charge in [-0.2, -0.15) is 5.10 Å². The molecule has 1 aliphatic rings. The molecule has 0 atom stereocenters. The van der Waals surface area contributed by atoms with Crippen molar-refractivity contribution in [3.63, 3.8) is 0 Å².